The first-order valence-corrected chi connectivity index (χ1v) is 6.33. The van der Waals surface area contributed by atoms with Gasteiger partial charge in [-0.1, -0.05) is 12.1 Å². The van der Waals surface area contributed by atoms with Gasteiger partial charge in [-0.15, -0.1) is 0 Å². The molecule has 0 amide bonds. The van der Waals surface area contributed by atoms with Gasteiger partial charge in [0.25, 0.3) is 0 Å². The standard InChI is InChI=1S/C14H17N3O/c1-14(18)6-8-17(9-7-14)13-11-4-2-3-5-12(11)15-10-16-13/h2-5,10,18H,6-9H2,1H3. The van der Waals surface area contributed by atoms with E-state index in [4.69, 9.17) is 0 Å². The van der Waals surface area contributed by atoms with Gasteiger partial charge in [0, 0.05) is 18.5 Å². The molecule has 1 saturated heterocycles. The molecule has 2 aromatic rings. The van der Waals surface area contributed by atoms with Crippen LogP contribution in [0.15, 0.2) is 30.6 Å². The van der Waals surface area contributed by atoms with Crippen molar-refractivity contribution in [3.8, 4) is 0 Å². The minimum Gasteiger partial charge on any atom is -0.390 e. The summed E-state index contributed by atoms with van der Waals surface area (Å²) in [5.74, 6) is 0.983. The van der Waals surface area contributed by atoms with E-state index in [1.54, 1.807) is 6.33 Å². The van der Waals surface area contributed by atoms with Gasteiger partial charge in [-0.3, -0.25) is 0 Å². The number of hydrogen-bond acceptors (Lipinski definition) is 4. The van der Waals surface area contributed by atoms with Gasteiger partial charge in [0.15, 0.2) is 0 Å². The van der Waals surface area contributed by atoms with Crippen molar-refractivity contribution in [1.82, 2.24) is 9.97 Å². The summed E-state index contributed by atoms with van der Waals surface area (Å²) in [5, 5.41) is 11.1. The Balaban J connectivity index is 1.96. The van der Waals surface area contributed by atoms with Crippen molar-refractivity contribution in [3.63, 3.8) is 0 Å². The fraction of sp³-hybridized carbons (Fsp3) is 0.429. The maximum absolute atomic E-state index is 9.99. The van der Waals surface area contributed by atoms with E-state index in [1.165, 1.54) is 0 Å². The fourth-order valence-corrected chi connectivity index (χ4v) is 2.44. The van der Waals surface area contributed by atoms with Crippen LogP contribution < -0.4 is 4.90 Å². The quantitative estimate of drug-likeness (QED) is 0.832. The summed E-state index contributed by atoms with van der Waals surface area (Å²) in [7, 11) is 0. The van der Waals surface area contributed by atoms with Gasteiger partial charge in [0.2, 0.25) is 0 Å². The predicted molar refractivity (Wildman–Crippen MR) is 71.6 cm³/mol. The van der Waals surface area contributed by atoms with Crippen LogP contribution >= 0.6 is 0 Å². The maximum atomic E-state index is 9.99. The van der Waals surface area contributed by atoms with Crippen LogP contribution in [0.4, 0.5) is 5.82 Å². The van der Waals surface area contributed by atoms with Crippen molar-refractivity contribution < 1.29 is 5.11 Å². The zero-order valence-corrected chi connectivity index (χ0v) is 10.5. The summed E-state index contributed by atoms with van der Waals surface area (Å²) in [6.07, 6.45) is 3.18. The highest BCUT2D eigenvalue weighted by Crippen LogP contribution is 2.28. The number of hydrogen-bond donors (Lipinski definition) is 1. The van der Waals surface area contributed by atoms with Crippen molar-refractivity contribution in [2.75, 3.05) is 18.0 Å². The van der Waals surface area contributed by atoms with Crippen LogP contribution in [0.1, 0.15) is 19.8 Å². The molecule has 0 radical (unpaired) electrons. The zero-order chi connectivity index (χ0) is 12.6. The summed E-state index contributed by atoms with van der Waals surface area (Å²) >= 11 is 0. The largest absolute Gasteiger partial charge is 0.390 e. The second-order valence-electron chi connectivity index (χ2n) is 5.20. The molecule has 1 aromatic carbocycles. The minimum absolute atomic E-state index is 0.528. The van der Waals surface area contributed by atoms with Crippen LogP contribution in [-0.2, 0) is 0 Å². The zero-order valence-electron chi connectivity index (χ0n) is 10.5. The second kappa shape index (κ2) is 4.21. The lowest BCUT2D eigenvalue weighted by atomic mass is 9.94. The first kappa shape index (κ1) is 11.4. The SMILES string of the molecule is CC1(O)CCN(c2ncnc3ccccc23)CC1. The average molecular weight is 243 g/mol. The maximum Gasteiger partial charge on any atom is 0.139 e. The van der Waals surface area contributed by atoms with Crippen LogP contribution in [0.5, 0.6) is 0 Å². The molecule has 94 valence electrons. The fourth-order valence-electron chi connectivity index (χ4n) is 2.44. The smallest absolute Gasteiger partial charge is 0.139 e. The molecule has 1 aromatic heterocycles. The molecule has 4 nitrogen and oxygen atoms in total. The number of anilines is 1. The number of aromatic nitrogens is 2. The number of aliphatic hydroxyl groups is 1. The third kappa shape index (κ3) is 2.04. The van der Waals surface area contributed by atoms with E-state index in [0.717, 1.165) is 42.7 Å². The Morgan fingerprint density at radius 2 is 1.89 bits per heavy atom. The highest BCUT2D eigenvalue weighted by Gasteiger charge is 2.28. The summed E-state index contributed by atoms with van der Waals surface area (Å²) in [6.45, 7) is 3.59. The Morgan fingerprint density at radius 1 is 1.17 bits per heavy atom. The monoisotopic (exact) mass is 243 g/mol. The van der Waals surface area contributed by atoms with Crippen LogP contribution in [0.25, 0.3) is 10.9 Å². The first-order chi connectivity index (χ1) is 8.66. The lowest BCUT2D eigenvalue weighted by Crippen LogP contribution is -2.42. The van der Waals surface area contributed by atoms with Crippen molar-refractivity contribution in [3.05, 3.63) is 30.6 Å². The van der Waals surface area contributed by atoms with Crippen LogP contribution in [0.3, 0.4) is 0 Å². The summed E-state index contributed by atoms with van der Waals surface area (Å²) < 4.78 is 0. The van der Waals surface area contributed by atoms with Crippen molar-refractivity contribution in [1.29, 1.82) is 0 Å². The van der Waals surface area contributed by atoms with Crippen LogP contribution in [0, 0.1) is 0 Å². The molecule has 18 heavy (non-hydrogen) atoms. The molecule has 1 aliphatic rings. The second-order valence-corrected chi connectivity index (χ2v) is 5.20. The molecule has 1 N–H and O–H groups in total. The summed E-state index contributed by atoms with van der Waals surface area (Å²) in [4.78, 5) is 10.9. The Morgan fingerprint density at radius 3 is 2.67 bits per heavy atom. The molecule has 4 heteroatoms. The number of benzene rings is 1. The number of para-hydroxylation sites is 1. The Bertz CT molecular complexity index is 552. The number of rotatable bonds is 1. The Kier molecular flexibility index (Phi) is 2.67. The number of fused-ring (bicyclic) bond motifs is 1. The van der Waals surface area contributed by atoms with Crippen LogP contribution in [-0.4, -0.2) is 33.8 Å². The van der Waals surface area contributed by atoms with Gasteiger partial charge < -0.3 is 10.0 Å². The minimum atomic E-state index is -0.528. The lowest BCUT2D eigenvalue weighted by Gasteiger charge is -2.36. The lowest BCUT2D eigenvalue weighted by molar-refractivity contribution is 0.0350. The third-order valence-corrected chi connectivity index (χ3v) is 3.66. The number of piperidine rings is 1. The number of nitrogens with zero attached hydrogens (tertiary/aromatic N) is 3. The predicted octanol–water partition coefficient (Wildman–Crippen LogP) is 1.98. The van der Waals surface area contributed by atoms with Gasteiger partial charge in [-0.25, -0.2) is 9.97 Å². The van der Waals surface area contributed by atoms with E-state index in [-0.39, 0.29) is 0 Å². The highest BCUT2D eigenvalue weighted by molar-refractivity contribution is 5.89. The highest BCUT2D eigenvalue weighted by atomic mass is 16.3. The summed E-state index contributed by atoms with van der Waals surface area (Å²) in [6, 6.07) is 8.05. The van der Waals surface area contributed by atoms with E-state index in [0.29, 0.717) is 0 Å². The molecule has 0 saturated carbocycles. The van der Waals surface area contributed by atoms with E-state index in [1.807, 2.05) is 25.1 Å². The molecule has 0 bridgehead atoms. The molecule has 1 fully saturated rings. The molecule has 2 heterocycles. The van der Waals surface area contributed by atoms with E-state index < -0.39 is 5.60 Å². The summed E-state index contributed by atoms with van der Waals surface area (Å²) in [5.41, 5.74) is 0.444. The molecule has 3 rings (SSSR count). The molecule has 0 spiro atoms. The van der Waals surface area contributed by atoms with E-state index >= 15 is 0 Å². The van der Waals surface area contributed by atoms with Gasteiger partial charge >= 0.3 is 0 Å². The van der Waals surface area contributed by atoms with Crippen LogP contribution in [0.2, 0.25) is 0 Å². The molecule has 0 atom stereocenters. The van der Waals surface area contributed by atoms with Crippen molar-refractivity contribution >= 4 is 16.7 Å². The topological polar surface area (TPSA) is 49.2 Å². The first-order valence-electron chi connectivity index (χ1n) is 6.33. The van der Waals surface area contributed by atoms with Crippen molar-refractivity contribution in [2.45, 2.75) is 25.4 Å². The third-order valence-electron chi connectivity index (χ3n) is 3.66. The average Bonchev–Trinajstić information content (AvgIpc) is 2.38. The van der Waals surface area contributed by atoms with Crippen molar-refractivity contribution in [2.24, 2.45) is 0 Å². The van der Waals surface area contributed by atoms with Gasteiger partial charge in [-0.2, -0.15) is 0 Å². The molecular formula is C14H17N3O. The van der Waals surface area contributed by atoms with E-state index in [9.17, 15) is 5.11 Å². The molecule has 1 aliphatic heterocycles. The van der Waals surface area contributed by atoms with Gasteiger partial charge in [0.05, 0.1) is 11.1 Å². The molecule has 0 aliphatic carbocycles. The van der Waals surface area contributed by atoms with Gasteiger partial charge in [0.1, 0.15) is 12.1 Å². The van der Waals surface area contributed by atoms with E-state index in [2.05, 4.69) is 20.9 Å². The normalized spacial score (nSPS) is 19.1. The Labute approximate surface area is 106 Å². The Hall–Kier alpha value is -1.68. The molecule has 0 unspecified atom stereocenters. The molecular weight excluding hydrogens is 226 g/mol. The van der Waals surface area contributed by atoms with Gasteiger partial charge in [-0.05, 0) is 31.9 Å².